The van der Waals surface area contributed by atoms with Crippen LogP contribution in [0.25, 0.3) is 5.20 Å². The third-order valence-corrected chi connectivity index (χ3v) is 5.02. The third kappa shape index (κ3) is 3.47. The second kappa shape index (κ2) is 5.73. The van der Waals surface area contributed by atoms with E-state index in [0.29, 0.717) is 0 Å². The lowest BCUT2D eigenvalue weighted by Crippen LogP contribution is -2.23. The van der Waals surface area contributed by atoms with Crippen LogP contribution in [-0.4, -0.2) is 8.07 Å². The van der Waals surface area contributed by atoms with Crippen LogP contribution in [0.3, 0.4) is 0 Å². The summed E-state index contributed by atoms with van der Waals surface area (Å²) in [6.45, 7) is 16.0. The fourth-order valence-corrected chi connectivity index (χ4v) is 4.12. The van der Waals surface area contributed by atoms with Gasteiger partial charge in [-0.05, 0) is 55.2 Å². The quantitative estimate of drug-likeness (QED) is 0.500. The number of rotatable bonds is 3. The molecule has 0 aliphatic rings. The Kier molecular flexibility index (Phi) is 4.78. The Morgan fingerprint density at radius 2 is 1.61 bits per heavy atom. The Morgan fingerprint density at radius 1 is 1.11 bits per heavy atom. The van der Waals surface area contributed by atoms with Crippen LogP contribution < -0.4 is 0 Å². The van der Waals surface area contributed by atoms with Gasteiger partial charge in [-0.1, -0.05) is 44.3 Å². The molecule has 0 atom stereocenters. The number of benzene rings is 1. The average molecular weight is 258 g/mol. The molecule has 0 heterocycles. The van der Waals surface area contributed by atoms with E-state index in [-0.39, 0.29) is 0 Å². The minimum Gasteiger partial charge on any atom is -0.126 e. The Labute approximate surface area is 113 Å². The number of hydrogen-bond acceptors (Lipinski definition) is 0. The first kappa shape index (κ1) is 15.0. The largest absolute Gasteiger partial charge is 0.126 e. The second-order valence-electron chi connectivity index (χ2n) is 6.16. The summed E-state index contributed by atoms with van der Waals surface area (Å²) in [6.07, 6.45) is 3.23. The van der Waals surface area contributed by atoms with Crippen LogP contribution in [-0.2, 0) is 0 Å². The van der Waals surface area contributed by atoms with Crippen molar-refractivity contribution in [2.24, 2.45) is 0 Å². The van der Waals surface area contributed by atoms with Gasteiger partial charge in [-0.2, -0.15) is 0 Å². The van der Waals surface area contributed by atoms with Gasteiger partial charge in [0.05, 0.1) is 8.07 Å². The highest BCUT2D eigenvalue weighted by molar-refractivity contribution is 6.93. The topological polar surface area (TPSA) is 0 Å². The zero-order valence-electron chi connectivity index (χ0n) is 12.9. The van der Waals surface area contributed by atoms with E-state index in [4.69, 9.17) is 0 Å². The molecule has 1 rings (SSSR count). The van der Waals surface area contributed by atoms with Crippen molar-refractivity contribution in [3.05, 3.63) is 46.2 Å². The molecule has 1 heteroatoms. The van der Waals surface area contributed by atoms with Crippen LogP contribution in [0.5, 0.6) is 0 Å². The van der Waals surface area contributed by atoms with Crippen molar-refractivity contribution >= 4 is 13.3 Å². The number of allylic oxidation sites excluding steroid dienone is 1. The first-order chi connectivity index (χ1) is 8.27. The van der Waals surface area contributed by atoms with E-state index in [2.05, 4.69) is 71.3 Å². The second-order valence-corrected chi connectivity index (χ2v) is 11.2. The monoisotopic (exact) mass is 258 g/mol. The fraction of sp³-hybridized carbons (Fsp3) is 0.471. The zero-order valence-corrected chi connectivity index (χ0v) is 13.9. The third-order valence-electron chi connectivity index (χ3n) is 3.13. The van der Waals surface area contributed by atoms with Gasteiger partial charge in [0.15, 0.2) is 0 Å². The van der Waals surface area contributed by atoms with Gasteiger partial charge in [0.2, 0.25) is 0 Å². The van der Waals surface area contributed by atoms with Gasteiger partial charge in [-0.3, -0.25) is 0 Å². The summed E-state index contributed by atoms with van der Waals surface area (Å²) >= 11 is 0. The van der Waals surface area contributed by atoms with E-state index >= 15 is 0 Å². The van der Waals surface area contributed by atoms with Gasteiger partial charge < -0.3 is 0 Å². The summed E-state index contributed by atoms with van der Waals surface area (Å²) < 4.78 is 0. The van der Waals surface area contributed by atoms with E-state index in [1.54, 1.807) is 0 Å². The van der Waals surface area contributed by atoms with Gasteiger partial charge in [-0.25, -0.2) is 0 Å². The summed E-state index contributed by atoms with van der Waals surface area (Å²) in [5, 5.41) is 1.46. The van der Waals surface area contributed by atoms with Crippen LogP contribution in [0.4, 0.5) is 0 Å². The van der Waals surface area contributed by atoms with Crippen LogP contribution in [0.1, 0.15) is 35.6 Å². The lowest BCUT2D eigenvalue weighted by Gasteiger charge is -2.23. The van der Waals surface area contributed by atoms with Crippen molar-refractivity contribution in [2.75, 3.05) is 0 Å². The predicted octanol–water partition coefficient (Wildman–Crippen LogP) is 5.44. The van der Waals surface area contributed by atoms with Crippen molar-refractivity contribution in [1.82, 2.24) is 0 Å². The Hall–Kier alpha value is -1.04. The van der Waals surface area contributed by atoms with Crippen LogP contribution in [0, 0.1) is 20.8 Å². The van der Waals surface area contributed by atoms with E-state index in [1.165, 1.54) is 27.5 Å². The van der Waals surface area contributed by atoms with Crippen LogP contribution in [0.15, 0.2) is 23.9 Å². The number of hydrogen-bond donors (Lipinski definition) is 0. The summed E-state index contributed by atoms with van der Waals surface area (Å²) in [6, 6.07) is 4.58. The lowest BCUT2D eigenvalue weighted by molar-refractivity contribution is 1.23. The summed E-state index contributed by atoms with van der Waals surface area (Å²) in [5.74, 6) is 0. The molecule has 0 bridgehead atoms. The molecular formula is C17H26Si. The highest BCUT2D eigenvalue weighted by Crippen LogP contribution is 2.30. The molecule has 0 aromatic heterocycles. The molecular weight excluding hydrogens is 232 g/mol. The molecule has 1 aromatic rings. The smallest absolute Gasteiger partial charge is 0.0883 e. The lowest BCUT2D eigenvalue weighted by atomic mass is 9.99. The molecule has 0 aliphatic carbocycles. The first-order valence-electron chi connectivity index (χ1n) is 6.81. The van der Waals surface area contributed by atoms with E-state index in [1.807, 2.05) is 0 Å². The van der Waals surface area contributed by atoms with Crippen molar-refractivity contribution < 1.29 is 0 Å². The van der Waals surface area contributed by atoms with E-state index < -0.39 is 8.07 Å². The first-order valence-corrected chi connectivity index (χ1v) is 10.3. The molecule has 0 aliphatic heterocycles. The van der Waals surface area contributed by atoms with Gasteiger partial charge in [0.25, 0.3) is 0 Å². The van der Waals surface area contributed by atoms with E-state index in [9.17, 15) is 0 Å². The standard InChI is InChI=1S/C17H26Si/c1-8-9-10-16(18(5,6)7)17-14(3)11-13(2)12-15(17)4/h9,11-12H,8H2,1-7H3. The van der Waals surface area contributed by atoms with E-state index in [0.717, 1.165) is 6.42 Å². The SMILES string of the molecule is CCC=C=C(c1c(C)cc(C)cc1C)[Si](C)(C)C. The molecule has 0 unspecified atom stereocenters. The molecule has 0 N–H and O–H groups in total. The van der Waals surface area contributed by atoms with Crippen molar-refractivity contribution in [3.8, 4) is 0 Å². The molecule has 0 saturated carbocycles. The van der Waals surface area contributed by atoms with Gasteiger partial charge in [0, 0.05) is 0 Å². The molecule has 18 heavy (non-hydrogen) atoms. The van der Waals surface area contributed by atoms with Gasteiger partial charge in [0.1, 0.15) is 0 Å². The Morgan fingerprint density at radius 3 is 2.00 bits per heavy atom. The predicted molar refractivity (Wildman–Crippen MR) is 85.8 cm³/mol. The maximum atomic E-state index is 3.58. The minimum absolute atomic E-state index is 1.05. The molecule has 0 amide bonds. The summed E-state index contributed by atoms with van der Waals surface area (Å²) in [5.41, 5.74) is 9.15. The van der Waals surface area contributed by atoms with Gasteiger partial charge in [-0.15, -0.1) is 5.73 Å². The average Bonchev–Trinajstić information content (AvgIpc) is 2.19. The fourth-order valence-electron chi connectivity index (χ4n) is 2.44. The van der Waals surface area contributed by atoms with Crippen LogP contribution >= 0.6 is 0 Å². The van der Waals surface area contributed by atoms with Crippen LogP contribution in [0.2, 0.25) is 19.6 Å². The summed E-state index contributed by atoms with van der Waals surface area (Å²) in [7, 11) is -1.37. The normalized spacial score (nSPS) is 11.1. The molecule has 0 radical (unpaired) electrons. The Bertz CT molecular complexity index is 472. The molecule has 0 nitrogen and oxygen atoms in total. The Balaban J connectivity index is 3.55. The highest BCUT2D eigenvalue weighted by Gasteiger charge is 2.23. The molecule has 0 spiro atoms. The van der Waals surface area contributed by atoms with Gasteiger partial charge >= 0.3 is 0 Å². The van der Waals surface area contributed by atoms with Crippen molar-refractivity contribution in [2.45, 2.75) is 53.8 Å². The van der Waals surface area contributed by atoms with Crippen molar-refractivity contribution in [1.29, 1.82) is 0 Å². The zero-order chi connectivity index (χ0) is 13.9. The number of aryl methyl sites for hydroxylation is 3. The molecule has 98 valence electrons. The maximum Gasteiger partial charge on any atom is 0.0883 e. The maximum absolute atomic E-state index is 3.58. The summed E-state index contributed by atoms with van der Waals surface area (Å²) in [4.78, 5) is 0. The minimum atomic E-state index is -1.37. The highest BCUT2D eigenvalue weighted by atomic mass is 28.3. The molecule has 1 aromatic carbocycles. The molecule has 0 fully saturated rings. The molecule has 0 saturated heterocycles. The van der Waals surface area contributed by atoms with Crippen molar-refractivity contribution in [3.63, 3.8) is 0 Å².